The number of benzene rings is 1. The summed E-state index contributed by atoms with van der Waals surface area (Å²) in [5, 5.41) is 10.6. The zero-order valence-electron chi connectivity index (χ0n) is 16.5. The molecule has 0 fully saturated rings. The molecule has 150 valence electrons. The van der Waals surface area contributed by atoms with Crippen LogP contribution in [0.1, 0.15) is 38.0 Å². The van der Waals surface area contributed by atoms with Gasteiger partial charge in [0.25, 0.3) is 0 Å². The first-order chi connectivity index (χ1) is 13.0. The van der Waals surface area contributed by atoms with Crippen molar-refractivity contribution in [1.29, 1.82) is 0 Å². The van der Waals surface area contributed by atoms with Gasteiger partial charge in [-0.1, -0.05) is 32.9 Å². The van der Waals surface area contributed by atoms with E-state index in [9.17, 15) is 0 Å². The Balaban J connectivity index is 0.00000280. The van der Waals surface area contributed by atoms with Crippen molar-refractivity contribution in [3.8, 4) is 5.69 Å². The largest absolute Gasteiger partial charge is 0.443 e. The van der Waals surface area contributed by atoms with E-state index in [1.165, 1.54) is 6.33 Å². The number of halogens is 1. The minimum absolute atomic E-state index is 0. The SMILES string of the molecule is CN=C(NCc1ccc(-n2cncn2)cc1)NCc1ncc(C(C)(C)C)o1.I. The highest BCUT2D eigenvalue weighted by Gasteiger charge is 2.19. The zero-order valence-corrected chi connectivity index (χ0v) is 18.8. The maximum absolute atomic E-state index is 5.78. The van der Waals surface area contributed by atoms with Crippen LogP contribution >= 0.6 is 24.0 Å². The summed E-state index contributed by atoms with van der Waals surface area (Å²) in [6.07, 6.45) is 4.97. The molecule has 0 aliphatic heterocycles. The first-order valence-electron chi connectivity index (χ1n) is 8.79. The lowest BCUT2D eigenvalue weighted by molar-refractivity contribution is 0.379. The summed E-state index contributed by atoms with van der Waals surface area (Å²) in [6.45, 7) is 7.41. The van der Waals surface area contributed by atoms with E-state index >= 15 is 0 Å². The molecule has 3 rings (SSSR count). The van der Waals surface area contributed by atoms with Crippen LogP contribution in [-0.2, 0) is 18.5 Å². The second-order valence-corrected chi connectivity index (χ2v) is 7.15. The van der Waals surface area contributed by atoms with E-state index in [1.54, 1.807) is 24.3 Å². The molecular formula is C19H26IN7O. The summed E-state index contributed by atoms with van der Waals surface area (Å²) in [5.41, 5.74) is 2.05. The normalized spacial score (nSPS) is 11.8. The van der Waals surface area contributed by atoms with Crippen LogP contribution < -0.4 is 10.6 Å². The second kappa shape index (κ2) is 9.67. The van der Waals surface area contributed by atoms with Gasteiger partial charge in [0.15, 0.2) is 5.96 Å². The van der Waals surface area contributed by atoms with Crippen molar-refractivity contribution in [2.24, 2.45) is 4.99 Å². The van der Waals surface area contributed by atoms with Crippen LogP contribution in [0.4, 0.5) is 0 Å². The van der Waals surface area contributed by atoms with Crippen LogP contribution in [0.15, 0.2) is 52.5 Å². The topological polar surface area (TPSA) is 93.2 Å². The highest BCUT2D eigenvalue weighted by atomic mass is 127. The van der Waals surface area contributed by atoms with E-state index in [4.69, 9.17) is 4.42 Å². The van der Waals surface area contributed by atoms with Gasteiger partial charge in [-0.15, -0.1) is 24.0 Å². The second-order valence-electron chi connectivity index (χ2n) is 7.15. The lowest BCUT2D eigenvalue weighted by Crippen LogP contribution is -2.36. The van der Waals surface area contributed by atoms with Gasteiger partial charge in [-0.3, -0.25) is 4.99 Å². The van der Waals surface area contributed by atoms with Crippen LogP contribution in [0, 0.1) is 0 Å². The Morgan fingerprint density at radius 3 is 2.43 bits per heavy atom. The first-order valence-corrected chi connectivity index (χ1v) is 8.79. The third-order valence-corrected chi connectivity index (χ3v) is 4.00. The summed E-state index contributed by atoms with van der Waals surface area (Å²) < 4.78 is 7.51. The monoisotopic (exact) mass is 495 g/mol. The average molecular weight is 495 g/mol. The smallest absolute Gasteiger partial charge is 0.213 e. The minimum atomic E-state index is -0.0520. The number of hydrogen-bond donors (Lipinski definition) is 2. The molecule has 0 atom stereocenters. The fourth-order valence-corrected chi connectivity index (χ4v) is 2.41. The molecule has 9 heteroatoms. The summed E-state index contributed by atoms with van der Waals surface area (Å²) >= 11 is 0. The Bertz CT molecular complexity index is 880. The lowest BCUT2D eigenvalue weighted by atomic mass is 9.94. The van der Waals surface area contributed by atoms with Crippen molar-refractivity contribution in [2.45, 2.75) is 39.3 Å². The molecule has 0 aliphatic carbocycles. The summed E-state index contributed by atoms with van der Waals surface area (Å²) in [4.78, 5) is 12.5. The van der Waals surface area contributed by atoms with Crippen LogP contribution in [-0.4, -0.2) is 32.8 Å². The maximum Gasteiger partial charge on any atom is 0.213 e. The Kier molecular flexibility index (Phi) is 7.55. The minimum Gasteiger partial charge on any atom is -0.443 e. The molecular weight excluding hydrogens is 469 g/mol. The number of rotatable bonds is 5. The van der Waals surface area contributed by atoms with E-state index < -0.39 is 0 Å². The Morgan fingerprint density at radius 2 is 1.86 bits per heavy atom. The van der Waals surface area contributed by atoms with Gasteiger partial charge in [0.2, 0.25) is 5.89 Å². The summed E-state index contributed by atoms with van der Waals surface area (Å²) in [7, 11) is 1.74. The van der Waals surface area contributed by atoms with E-state index in [2.05, 4.69) is 51.5 Å². The van der Waals surface area contributed by atoms with Gasteiger partial charge in [-0.25, -0.2) is 14.6 Å². The van der Waals surface area contributed by atoms with Crippen molar-refractivity contribution < 1.29 is 4.42 Å². The molecule has 2 heterocycles. The quantitative estimate of drug-likeness (QED) is 0.321. The van der Waals surface area contributed by atoms with Crippen molar-refractivity contribution >= 4 is 29.9 Å². The molecule has 2 aromatic heterocycles. The molecule has 28 heavy (non-hydrogen) atoms. The molecule has 1 aromatic carbocycles. The molecule has 3 aromatic rings. The van der Waals surface area contributed by atoms with Gasteiger partial charge < -0.3 is 15.1 Å². The van der Waals surface area contributed by atoms with Crippen molar-refractivity contribution in [3.63, 3.8) is 0 Å². The fraction of sp³-hybridized carbons (Fsp3) is 0.368. The van der Waals surface area contributed by atoms with Gasteiger partial charge in [0.1, 0.15) is 18.4 Å². The van der Waals surface area contributed by atoms with E-state index in [0.717, 1.165) is 17.0 Å². The predicted octanol–water partition coefficient (Wildman–Crippen LogP) is 3.04. The van der Waals surface area contributed by atoms with Crippen LogP contribution in [0.5, 0.6) is 0 Å². The van der Waals surface area contributed by atoms with Crippen LogP contribution in [0.25, 0.3) is 5.69 Å². The van der Waals surface area contributed by atoms with Crippen molar-refractivity contribution in [1.82, 2.24) is 30.4 Å². The van der Waals surface area contributed by atoms with E-state index in [1.807, 2.05) is 24.3 Å². The molecule has 0 bridgehead atoms. The lowest BCUT2D eigenvalue weighted by Gasteiger charge is -2.13. The van der Waals surface area contributed by atoms with Crippen LogP contribution in [0.3, 0.4) is 0 Å². The molecule has 2 N–H and O–H groups in total. The molecule has 0 radical (unpaired) electrons. The number of oxazole rings is 1. The predicted molar refractivity (Wildman–Crippen MR) is 119 cm³/mol. The van der Waals surface area contributed by atoms with Gasteiger partial charge in [0, 0.05) is 19.0 Å². The number of aromatic nitrogens is 4. The number of hydrogen-bond acceptors (Lipinski definition) is 5. The number of guanidine groups is 1. The molecule has 0 saturated heterocycles. The maximum atomic E-state index is 5.78. The van der Waals surface area contributed by atoms with Crippen LogP contribution in [0.2, 0.25) is 0 Å². The van der Waals surface area contributed by atoms with Gasteiger partial charge in [-0.2, -0.15) is 5.10 Å². The highest BCUT2D eigenvalue weighted by molar-refractivity contribution is 14.0. The molecule has 0 saturated carbocycles. The third kappa shape index (κ3) is 5.78. The average Bonchev–Trinajstić information content (AvgIpc) is 3.34. The standard InChI is InChI=1S/C19H25N7O.HI/c1-19(2,3)16-10-22-17(27-16)11-24-18(20-4)23-9-14-5-7-15(8-6-14)26-13-21-12-25-26;/h5-8,10,12-13H,9,11H2,1-4H3,(H2,20,23,24);1H. The van der Waals surface area contributed by atoms with E-state index in [0.29, 0.717) is 24.9 Å². The molecule has 8 nitrogen and oxygen atoms in total. The Hall–Kier alpha value is -2.43. The van der Waals surface area contributed by atoms with Gasteiger partial charge in [0.05, 0.1) is 18.4 Å². The molecule has 0 unspecified atom stereocenters. The molecule has 0 amide bonds. The van der Waals surface area contributed by atoms with E-state index in [-0.39, 0.29) is 29.4 Å². The number of nitrogens with one attached hydrogen (secondary N) is 2. The van der Waals surface area contributed by atoms with Crippen molar-refractivity contribution in [2.75, 3.05) is 7.05 Å². The first kappa shape index (κ1) is 21.9. The van der Waals surface area contributed by atoms with Crippen molar-refractivity contribution in [3.05, 3.63) is 60.3 Å². The molecule has 0 spiro atoms. The number of nitrogens with zero attached hydrogens (tertiary/aromatic N) is 5. The zero-order chi connectivity index (χ0) is 19.3. The Morgan fingerprint density at radius 1 is 1.14 bits per heavy atom. The summed E-state index contributed by atoms with van der Waals surface area (Å²) in [5.74, 6) is 2.20. The number of aliphatic imine (C=N–C) groups is 1. The molecule has 0 aliphatic rings. The Labute approximate surface area is 181 Å². The van der Waals surface area contributed by atoms with Gasteiger partial charge in [-0.05, 0) is 17.7 Å². The third-order valence-electron chi connectivity index (χ3n) is 4.00. The van der Waals surface area contributed by atoms with Gasteiger partial charge >= 0.3 is 0 Å². The highest BCUT2D eigenvalue weighted by Crippen LogP contribution is 2.22. The fourth-order valence-electron chi connectivity index (χ4n) is 2.41. The summed E-state index contributed by atoms with van der Waals surface area (Å²) in [6, 6.07) is 8.09.